The topological polar surface area (TPSA) is 24.7 Å². The van der Waals surface area contributed by atoms with Crippen LogP contribution in [0.3, 0.4) is 0 Å². The molecule has 0 radical (unpaired) electrons. The molecule has 1 aliphatic heterocycles. The molecule has 1 unspecified atom stereocenters. The summed E-state index contributed by atoms with van der Waals surface area (Å²) in [4.78, 5) is 8.96. The number of nitrogens with zero attached hydrogens (tertiary/aromatic N) is 2. The van der Waals surface area contributed by atoms with Crippen molar-refractivity contribution in [2.45, 2.75) is 40.5 Å². The summed E-state index contributed by atoms with van der Waals surface area (Å²) in [7, 11) is 0. The summed E-state index contributed by atoms with van der Waals surface area (Å²) in [5.41, 5.74) is 3.77. The zero-order chi connectivity index (χ0) is 12.0. The molecule has 0 aliphatic carbocycles. The molecule has 88 valence electrons. The van der Waals surface area contributed by atoms with Gasteiger partial charge in [0.1, 0.15) is 0 Å². The number of rotatable bonds is 2. The molecular formula is C14H22N2. The molecule has 1 aliphatic rings. The van der Waals surface area contributed by atoms with Crippen LogP contribution in [-0.4, -0.2) is 18.5 Å². The van der Waals surface area contributed by atoms with Crippen LogP contribution in [-0.2, 0) is 0 Å². The molecule has 0 fully saturated rings. The van der Waals surface area contributed by atoms with E-state index in [0.29, 0.717) is 12.5 Å². The van der Waals surface area contributed by atoms with Crippen LogP contribution in [0.5, 0.6) is 0 Å². The molecule has 16 heavy (non-hydrogen) atoms. The van der Waals surface area contributed by atoms with Gasteiger partial charge in [-0.25, -0.2) is 0 Å². The second-order valence-corrected chi connectivity index (χ2v) is 4.37. The zero-order valence-electron chi connectivity index (χ0n) is 10.8. The lowest BCUT2D eigenvalue weighted by molar-refractivity contribution is 0.683. The Hall–Kier alpha value is -1.18. The van der Waals surface area contributed by atoms with E-state index in [-0.39, 0.29) is 0 Å². The van der Waals surface area contributed by atoms with Gasteiger partial charge in [-0.05, 0) is 40.5 Å². The van der Waals surface area contributed by atoms with Crippen LogP contribution in [0.2, 0.25) is 0 Å². The summed E-state index contributed by atoms with van der Waals surface area (Å²) in [5, 5.41) is 0. The highest BCUT2D eigenvalue weighted by atomic mass is 14.8. The van der Waals surface area contributed by atoms with Crippen LogP contribution in [0.4, 0.5) is 0 Å². The largest absolute Gasteiger partial charge is 0.288 e. The SMILES string of the molecule is C/C=C\CC1C/C(C)=C(C)/N=C\C/N=C\1C. The maximum atomic E-state index is 4.55. The monoisotopic (exact) mass is 218 g/mol. The normalized spacial score (nSPS) is 32.8. The molecule has 0 aromatic rings. The first-order valence-corrected chi connectivity index (χ1v) is 5.96. The fraction of sp³-hybridized carbons (Fsp3) is 0.571. The Morgan fingerprint density at radius 3 is 2.81 bits per heavy atom. The minimum Gasteiger partial charge on any atom is -0.288 e. The lowest BCUT2D eigenvalue weighted by Gasteiger charge is -2.15. The highest BCUT2D eigenvalue weighted by molar-refractivity contribution is 5.86. The van der Waals surface area contributed by atoms with E-state index in [1.54, 1.807) is 0 Å². The molecule has 2 heteroatoms. The molecule has 0 saturated carbocycles. The molecule has 0 aromatic heterocycles. The third-order valence-electron chi connectivity index (χ3n) is 3.12. The van der Waals surface area contributed by atoms with Crippen molar-refractivity contribution in [3.63, 3.8) is 0 Å². The summed E-state index contributed by atoms with van der Waals surface area (Å²) in [6.07, 6.45) is 8.40. The highest BCUT2D eigenvalue weighted by Crippen LogP contribution is 2.21. The van der Waals surface area contributed by atoms with E-state index in [2.05, 4.69) is 49.8 Å². The number of hydrogen-bond acceptors (Lipinski definition) is 2. The van der Waals surface area contributed by atoms with Crippen molar-refractivity contribution in [1.82, 2.24) is 0 Å². The summed E-state index contributed by atoms with van der Waals surface area (Å²) < 4.78 is 0. The van der Waals surface area contributed by atoms with Crippen molar-refractivity contribution in [3.8, 4) is 0 Å². The van der Waals surface area contributed by atoms with Crippen molar-refractivity contribution in [2.24, 2.45) is 15.9 Å². The van der Waals surface area contributed by atoms with Crippen LogP contribution in [0, 0.1) is 5.92 Å². The third kappa shape index (κ3) is 3.76. The summed E-state index contributed by atoms with van der Waals surface area (Å²) in [6.45, 7) is 9.17. The van der Waals surface area contributed by atoms with Gasteiger partial charge in [0, 0.05) is 23.5 Å². The Morgan fingerprint density at radius 2 is 2.12 bits per heavy atom. The van der Waals surface area contributed by atoms with Gasteiger partial charge in [0.05, 0.1) is 6.54 Å². The van der Waals surface area contributed by atoms with Gasteiger partial charge in [-0.1, -0.05) is 17.7 Å². The molecule has 2 nitrogen and oxygen atoms in total. The molecular weight excluding hydrogens is 196 g/mol. The fourth-order valence-corrected chi connectivity index (χ4v) is 1.82. The standard InChI is InChI=1S/C14H22N2/c1-5-6-7-14-10-11(2)12(3)15-8-9-16-13(14)4/h5-6,8,14H,7,9-10H2,1-4H3/b6-5-,12-11+,15-8-,16-13-. The average molecular weight is 218 g/mol. The van der Waals surface area contributed by atoms with E-state index in [4.69, 9.17) is 0 Å². The van der Waals surface area contributed by atoms with Crippen molar-refractivity contribution >= 4 is 11.9 Å². The second-order valence-electron chi connectivity index (χ2n) is 4.37. The van der Waals surface area contributed by atoms with Gasteiger partial charge in [-0.15, -0.1) is 0 Å². The molecule has 1 heterocycles. The van der Waals surface area contributed by atoms with Gasteiger partial charge in [-0.3, -0.25) is 9.98 Å². The Bertz CT molecular complexity index is 346. The average Bonchev–Trinajstić information content (AvgIpc) is 2.32. The minimum atomic E-state index is 0.535. The van der Waals surface area contributed by atoms with E-state index in [0.717, 1.165) is 18.5 Å². The molecule has 0 amide bonds. The molecule has 0 saturated heterocycles. The second kappa shape index (κ2) is 6.41. The predicted molar refractivity (Wildman–Crippen MR) is 72.4 cm³/mol. The Labute approximate surface area is 98.9 Å². The predicted octanol–water partition coefficient (Wildman–Crippen LogP) is 3.80. The maximum Gasteiger partial charge on any atom is 0.0741 e. The van der Waals surface area contributed by atoms with Gasteiger partial charge < -0.3 is 0 Å². The van der Waals surface area contributed by atoms with E-state index in [1.165, 1.54) is 11.3 Å². The van der Waals surface area contributed by atoms with Crippen LogP contribution in [0.1, 0.15) is 40.5 Å². The minimum absolute atomic E-state index is 0.535. The molecule has 0 bridgehead atoms. The lowest BCUT2D eigenvalue weighted by Crippen LogP contribution is -2.12. The molecule has 0 spiro atoms. The number of allylic oxidation sites excluding steroid dienone is 4. The van der Waals surface area contributed by atoms with Crippen molar-refractivity contribution in [1.29, 1.82) is 0 Å². The molecule has 1 atom stereocenters. The van der Waals surface area contributed by atoms with Gasteiger partial charge in [0.2, 0.25) is 0 Å². The Kier molecular flexibility index (Phi) is 5.17. The van der Waals surface area contributed by atoms with Crippen molar-refractivity contribution in [2.75, 3.05) is 6.54 Å². The summed E-state index contributed by atoms with van der Waals surface area (Å²) in [6, 6.07) is 0. The van der Waals surface area contributed by atoms with Crippen LogP contribution < -0.4 is 0 Å². The highest BCUT2D eigenvalue weighted by Gasteiger charge is 2.13. The van der Waals surface area contributed by atoms with Gasteiger partial charge in [-0.2, -0.15) is 0 Å². The first-order valence-electron chi connectivity index (χ1n) is 5.96. The van der Waals surface area contributed by atoms with Gasteiger partial charge in [0.15, 0.2) is 0 Å². The molecule has 0 N–H and O–H groups in total. The van der Waals surface area contributed by atoms with Crippen molar-refractivity contribution < 1.29 is 0 Å². The number of hydrogen-bond donors (Lipinski definition) is 0. The molecule has 0 aromatic carbocycles. The molecule has 1 rings (SSSR count). The van der Waals surface area contributed by atoms with E-state index < -0.39 is 0 Å². The Balaban J connectivity index is 2.88. The summed E-state index contributed by atoms with van der Waals surface area (Å²) >= 11 is 0. The summed E-state index contributed by atoms with van der Waals surface area (Å²) in [5.74, 6) is 0.535. The third-order valence-corrected chi connectivity index (χ3v) is 3.12. The first kappa shape index (κ1) is 12.9. The maximum absolute atomic E-state index is 4.55. The fourth-order valence-electron chi connectivity index (χ4n) is 1.82. The first-order chi connectivity index (χ1) is 7.65. The van der Waals surface area contributed by atoms with Crippen molar-refractivity contribution in [3.05, 3.63) is 23.4 Å². The van der Waals surface area contributed by atoms with Crippen LogP contribution in [0.25, 0.3) is 0 Å². The lowest BCUT2D eigenvalue weighted by atomic mass is 9.92. The van der Waals surface area contributed by atoms with Crippen LogP contribution in [0.15, 0.2) is 33.4 Å². The number of aliphatic imine (C=N–C) groups is 2. The quantitative estimate of drug-likeness (QED) is 0.630. The van der Waals surface area contributed by atoms with Crippen LogP contribution >= 0.6 is 0 Å². The van der Waals surface area contributed by atoms with E-state index in [1.807, 2.05) is 6.21 Å². The Morgan fingerprint density at radius 1 is 1.38 bits per heavy atom. The van der Waals surface area contributed by atoms with Gasteiger partial charge in [0.25, 0.3) is 0 Å². The van der Waals surface area contributed by atoms with E-state index >= 15 is 0 Å². The smallest absolute Gasteiger partial charge is 0.0741 e. The van der Waals surface area contributed by atoms with E-state index in [9.17, 15) is 0 Å². The van der Waals surface area contributed by atoms with Gasteiger partial charge >= 0.3 is 0 Å². The zero-order valence-corrected chi connectivity index (χ0v) is 10.8.